The van der Waals surface area contributed by atoms with Crippen molar-refractivity contribution in [2.45, 2.75) is 32.9 Å². The van der Waals surface area contributed by atoms with Crippen LogP contribution in [0.5, 0.6) is 0 Å². The largest absolute Gasteiger partial charge is 0.350 e. The predicted molar refractivity (Wildman–Crippen MR) is 109 cm³/mol. The standard InChI is InChI=1S/C21H27N3O2S/c1-3-17-6-8-18(9-7-17)21(26)24-12-10-23(11-13-24)16(2)20(25)22-15-19-5-4-14-27-19/h4-9,14,16H,3,10-13,15H2,1-2H3,(H,22,25). The average Bonchev–Trinajstić information content (AvgIpc) is 3.25. The molecule has 0 aliphatic carbocycles. The number of nitrogens with zero attached hydrogens (tertiary/aromatic N) is 2. The SMILES string of the molecule is CCc1ccc(C(=O)N2CCN(C(C)C(=O)NCc3cccs3)CC2)cc1. The molecule has 1 atom stereocenters. The van der Waals surface area contributed by atoms with Crippen LogP contribution in [0.25, 0.3) is 0 Å². The Morgan fingerprint density at radius 2 is 1.81 bits per heavy atom. The summed E-state index contributed by atoms with van der Waals surface area (Å²) in [6.45, 7) is 7.35. The highest BCUT2D eigenvalue weighted by atomic mass is 32.1. The molecule has 0 bridgehead atoms. The number of amides is 2. The van der Waals surface area contributed by atoms with Crippen LogP contribution in [-0.2, 0) is 17.8 Å². The van der Waals surface area contributed by atoms with Gasteiger partial charge in [0.05, 0.1) is 12.6 Å². The summed E-state index contributed by atoms with van der Waals surface area (Å²) in [6, 6.07) is 11.7. The van der Waals surface area contributed by atoms with Crippen molar-refractivity contribution in [3.8, 4) is 0 Å². The van der Waals surface area contributed by atoms with Gasteiger partial charge in [0.2, 0.25) is 5.91 Å². The van der Waals surface area contributed by atoms with E-state index < -0.39 is 0 Å². The van der Waals surface area contributed by atoms with Gasteiger partial charge in [-0.15, -0.1) is 11.3 Å². The van der Waals surface area contributed by atoms with E-state index >= 15 is 0 Å². The molecule has 0 spiro atoms. The summed E-state index contributed by atoms with van der Waals surface area (Å²) in [4.78, 5) is 30.3. The lowest BCUT2D eigenvalue weighted by molar-refractivity contribution is -0.126. The quantitative estimate of drug-likeness (QED) is 0.832. The fourth-order valence-corrected chi connectivity index (χ4v) is 3.92. The molecule has 1 aliphatic heterocycles. The molecular weight excluding hydrogens is 358 g/mol. The fourth-order valence-electron chi connectivity index (χ4n) is 3.28. The van der Waals surface area contributed by atoms with Crippen LogP contribution in [0.3, 0.4) is 0 Å². The first-order valence-corrected chi connectivity index (χ1v) is 10.4. The summed E-state index contributed by atoms with van der Waals surface area (Å²) in [6.07, 6.45) is 0.972. The molecule has 1 N–H and O–H groups in total. The minimum absolute atomic E-state index is 0.0401. The topological polar surface area (TPSA) is 52.7 Å². The number of benzene rings is 1. The lowest BCUT2D eigenvalue weighted by atomic mass is 10.1. The van der Waals surface area contributed by atoms with Gasteiger partial charge in [0.25, 0.3) is 5.91 Å². The molecule has 1 unspecified atom stereocenters. The van der Waals surface area contributed by atoms with Crippen LogP contribution in [0, 0.1) is 0 Å². The Kier molecular flexibility index (Phi) is 6.63. The van der Waals surface area contributed by atoms with Crippen molar-refractivity contribution in [1.82, 2.24) is 15.1 Å². The molecule has 6 heteroatoms. The van der Waals surface area contributed by atoms with Crippen LogP contribution >= 0.6 is 11.3 Å². The Morgan fingerprint density at radius 3 is 2.41 bits per heavy atom. The smallest absolute Gasteiger partial charge is 0.253 e. The number of nitrogens with one attached hydrogen (secondary N) is 1. The molecular formula is C21H27N3O2S. The van der Waals surface area contributed by atoms with Crippen molar-refractivity contribution in [3.05, 3.63) is 57.8 Å². The maximum Gasteiger partial charge on any atom is 0.253 e. The van der Waals surface area contributed by atoms with Gasteiger partial charge in [-0.3, -0.25) is 14.5 Å². The summed E-state index contributed by atoms with van der Waals surface area (Å²) in [5, 5.41) is 5.01. The highest BCUT2D eigenvalue weighted by Crippen LogP contribution is 2.13. The average molecular weight is 386 g/mol. The van der Waals surface area contributed by atoms with E-state index in [-0.39, 0.29) is 17.9 Å². The molecule has 27 heavy (non-hydrogen) atoms. The van der Waals surface area contributed by atoms with E-state index in [0.29, 0.717) is 32.7 Å². The number of rotatable bonds is 6. The van der Waals surface area contributed by atoms with Gasteiger partial charge in [-0.25, -0.2) is 0 Å². The van der Waals surface area contributed by atoms with E-state index in [9.17, 15) is 9.59 Å². The Bertz CT molecular complexity index is 750. The monoisotopic (exact) mass is 385 g/mol. The Labute approximate surface area is 165 Å². The number of carbonyl (C=O) groups is 2. The molecule has 0 radical (unpaired) electrons. The molecule has 3 rings (SSSR count). The zero-order valence-electron chi connectivity index (χ0n) is 16.0. The highest BCUT2D eigenvalue weighted by molar-refractivity contribution is 7.09. The summed E-state index contributed by atoms with van der Waals surface area (Å²) >= 11 is 1.64. The van der Waals surface area contributed by atoms with E-state index in [1.165, 1.54) is 5.56 Å². The number of aryl methyl sites for hydroxylation is 1. The molecule has 1 aliphatic rings. The van der Waals surface area contributed by atoms with Gasteiger partial charge in [0, 0.05) is 36.6 Å². The summed E-state index contributed by atoms with van der Waals surface area (Å²) in [5.74, 6) is 0.116. The third-order valence-electron chi connectivity index (χ3n) is 5.15. The summed E-state index contributed by atoms with van der Waals surface area (Å²) < 4.78 is 0. The van der Waals surface area contributed by atoms with Crippen molar-refractivity contribution in [2.24, 2.45) is 0 Å². The van der Waals surface area contributed by atoms with Gasteiger partial charge in [0.1, 0.15) is 0 Å². The normalized spacial score (nSPS) is 16.1. The molecule has 1 saturated heterocycles. The van der Waals surface area contributed by atoms with Gasteiger partial charge in [-0.05, 0) is 42.5 Å². The second kappa shape index (κ2) is 9.15. The second-order valence-electron chi connectivity index (χ2n) is 6.85. The minimum atomic E-state index is -0.189. The van der Waals surface area contributed by atoms with Crippen LogP contribution in [-0.4, -0.2) is 53.8 Å². The van der Waals surface area contributed by atoms with Crippen LogP contribution in [0.15, 0.2) is 41.8 Å². The number of hydrogen-bond acceptors (Lipinski definition) is 4. The van der Waals surface area contributed by atoms with Crippen molar-refractivity contribution in [3.63, 3.8) is 0 Å². The summed E-state index contributed by atoms with van der Waals surface area (Å²) in [5.41, 5.74) is 1.97. The molecule has 5 nitrogen and oxygen atoms in total. The third-order valence-corrected chi connectivity index (χ3v) is 6.03. The molecule has 1 aromatic heterocycles. The lowest BCUT2D eigenvalue weighted by Gasteiger charge is -2.37. The molecule has 1 aromatic carbocycles. The van der Waals surface area contributed by atoms with Crippen LogP contribution in [0.2, 0.25) is 0 Å². The number of carbonyl (C=O) groups excluding carboxylic acids is 2. The van der Waals surface area contributed by atoms with Crippen molar-refractivity contribution >= 4 is 23.2 Å². The van der Waals surface area contributed by atoms with Gasteiger partial charge in [-0.2, -0.15) is 0 Å². The first-order chi connectivity index (χ1) is 13.1. The van der Waals surface area contributed by atoms with E-state index in [2.05, 4.69) is 17.1 Å². The van der Waals surface area contributed by atoms with E-state index in [1.807, 2.05) is 53.6 Å². The van der Waals surface area contributed by atoms with Crippen LogP contribution < -0.4 is 5.32 Å². The van der Waals surface area contributed by atoms with E-state index in [0.717, 1.165) is 16.9 Å². The lowest BCUT2D eigenvalue weighted by Crippen LogP contribution is -2.54. The second-order valence-corrected chi connectivity index (χ2v) is 7.88. The predicted octanol–water partition coefficient (Wildman–Crippen LogP) is 2.77. The van der Waals surface area contributed by atoms with Gasteiger partial charge in [0.15, 0.2) is 0 Å². The van der Waals surface area contributed by atoms with Crippen molar-refractivity contribution in [1.29, 1.82) is 0 Å². The molecule has 144 valence electrons. The minimum Gasteiger partial charge on any atom is -0.350 e. The van der Waals surface area contributed by atoms with E-state index in [1.54, 1.807) is 11.3 Å². The van der Waals surface area contributed by atoms with Crippen molar-refractivity contribution < 1.29 is 9.59 Å². The van der Waals surface area contributed by atoms with Crippen molar-refractivity contribution in [2.75, 3.05) is 26.2 Å². The van der Waals surface area contributed by atoms with Gasteiger partial charge < -0.3 is 10.2 Å². The zero-order valence-corrected chi connectivity index (χ0v) is 16.8. The molecule has 2 aromatic rings. The Balaban J connectivity index is 1.48. The fraction of sp³-hybridized carbons (Fsp3) is 0.429. The highest BCUT2D eigenvalue weighted by Gasteiger charge is 2.27. The Morgan fingerprint density at radius 1 is 1.11 bits per heavy atom. The first kappa shape index (κ1) is 19.6. The first-order valence-electron chi connectivity index (χ1n) is 9.51. The van der Waals surface area contributed by atoms with Gasteiger partial charge >= 0.3 is 0 Å². The molecule has 2 amide bonds. The maximum atomic E-state index is 12.7. The molecule has 2 heterocycles. The number of hydrogen-bond donors (Lipinski definition) is 1. The van der Waals surface area contributed by atoms with Crippen LogP contribution in [0.1, 0.15) is 34.6 Å². The zero-order chi connectivity index (χ0) is 19.2. The summed E-state index contributed by atoms with van der Waals surface area (Å²) in [7, 11) is 0. The number of thiophene rings is 1. The van der Waals surface area contributed by atoms with E-state index in [4.69, 9.17) is 0 Å². The maximum absolute atomic E-state index is 12.7. The van der Waals surface area contributed by atoms with Crippen LogP contribution in [0.4, 0.5) is 0 Å². The molecule has 1 fully saturated rings. The molecule has 0 saturated carbocycles. The van der Waals surface area contributed by atoms with Gasteiger partial charge in [-0.1, -0.05) is 25.1 Å². The Hall–Kier alpha value is -2.18. The third kappa shape index (κ3) is 4.96. The number of piperazine rings is 1.